The maximum absolute atomic E-state index is 13.8. The Labute approximate surface area is 207 Å². The summed E-state index contributed by atoms with van der Waals surface area (Å²) in [5.74, 6) is 0.0937. The number of rotatable bonds is 4. The number of carbonyl (C=O) groups excluding carboxylic acids is 1. The van der Waals surface area contributed by atoms with E-state index in [4.69, 9.17) is 16.1 Å². The second kappa shape index (κ2) is 9.00. The number of halogens is 2. The molecule has 6 nitrogen and oxygen atoms in total. The number of amides is 2. The van der Waals surface area contributed by atoms with Gasteiger partial charge in [0, 0.05) is 16.3 Å². The van der Waals surface area contributed by atoms with Gasteiger partial charge in [0.05, 0.1) is 17.3 Å². The van der Waals surface area contributed by atoms with Gasteiger partial charge in [0.25, 0.3) is 5.89 Å². The first-order valence-corrected chi connectivity index (χ1v) is 11.4. The van der Waals surface area contributed by atoms with Crippen LogP contribution in [0.2, 0.25) is 5.02 Å². The molecule has 0 aliphatic carbocycles. The van der Waals surface area contributed by atoms with Gasteiger partial charge < -0.3 is 9.84 Å². The van der Waals surface area contributed by atoms with E-state index >= 15 is 0 Å². The van der Waals surface area contributed by atoms with Crippen molar-refractivity contribution in [1.29, 1.82) is 0 Å². The van der Waals surface area contributed by atoms with E-state index in [1.807, 2.05) is 39.0 Å². The van der Waals surface area contributed by atoms with E-state index in [2.05, 4.69) is 15.5 Å². The SMILES string of the molecule is CC1=C(c2nc(-c3cccc(F)c3)no2)C(c2ccc(C)c(C)c2)NC(=O)N1c1cccc(Cl)c1. The quantitative estimate of drug-likeness (QED) is 0.341. The number of benzene rings is 3. The summed E-state index contributed by atoms with van der Waals surface area (Å²) in [6, 6.07) is 18.2. The van der Waals surface area contributed by atoms with Crippen molar-refractivity contribution >= 4 is 28.9 Å². The van der Waals surface area contributed by atoms with Crippen LogP contribution in [0.1, 0.15) is 35.5 Å². The molecule has 0 saturated carbocycles. The molecule has 4 aromatic rings. The largest absolute Gasteiger partial charge is 0.334 e. The van der Waals surface area contributed by atoms with Crippen LogP contribution >= 0.6 is 11.6 Å². The lowest BCUT2D eigenvalue weighted by Gasteiger charge is -2.35. The fourth-order valence-corrected chi connectivity index (χ4v) is 4.40. The standard InChI is InChI=1S/C27H22ClFN4O2/c1-15-10-11-18(12-16(15)2)24-23(26-31-25(32-35-26)19-6-4-8-21(29)13-19)17(3)33(27(34)30-24)22-9-5-7-20(28)14-22/h4-14,24H,1-3H3,(H,30,34). The van der Waals surface area contributed by atoms with Gasteiger partial charge in [-0.3, -0.25) is 4.90 Å². The predicted octanol–water partition coefficient (Wildman–Crippen LogP) is 6.85. The highest BCUT2D eigenvalue weighted by atomic mass is 35.5. The van der Waals surface area contributed by atoms with E-state index in [0.717, 1.165) is 16.7 Å². The highest BCUT2D eigenvalue weighted by Crippen LogP contribution is 2.39. The number of urea groups is 1. The summed E-state index contributed by atoms with van der Waals surface area (Å²) in [6.07, 6.45) is 0. The van der Waals surface area contributed by atoms with Gasteiger partial charge in [-0.15, -0.1) is 0 Å². The first-order valence-electron chi connectivity index (χ1n) is 11.1. The van der Waals surface area contributed by atoms with E-state index in [-0.39, 0.29) is 17.7 Å². The number of hydrogen-bond acceptors (Lipinski definition) is 4. The Morgan fingerprint density at radius 3 is 2.54 bits per heavy atom. The fraction of sp³-hybridized carbons (Fsp3) is 0.148. The summed E-state index contributed by atoms with van der Waals surface area (Å²) in [7, 11) is 0. The molecule has 1 atom stereocenters. The van der Waals surface area contributed by atoms with E-state index < -0.39 is 11.9 Å². The summed E-state index contributed by atoms with van der Waals surface area (Å²) < 4.78 is 19.5. The minimum Gasteiger partial charge on any atom is -0.334 e. The van der Waals surface area contributed by atoms with Crippen molar-refractivity contribution in [1.82, 2.24) is 15.5 Å². The number of carbonyl (C=O) groups is 1. The molecule has 1 aliphatic rings. The molecule has 1 N–H and O–H groups in total. The van der Waals surface area contributed by atoms with Gasteiger partial charge in [0.2, 0.25) is 5.82 Å². The van der Waals surface area contributed by atoms with Crippen molar-refractivity contribution in [2.75, 3.05) is 4.90 Å². The lowest BCUT2D eigenvalue weighted by atomic mass is 9.92. The van der Waals surface area contributed by atoms with Crippen molar-refractivity contribution < 1.29 is 13.7 Å². The molecule has 2 heterocycles. The second-order valence-corrected chi connectivity index (χ2v) is 8.91. The minimum absolute atomic E-state index is 0.233. The van der Waals surface area contributed by atoms with Crippen molar-refractivity contribution in [2.24, 2.45) is 0 Å². The number of hydrogen-bond donors (Lipinski definition) is 1. The number of aromatic nitrogens is 2. The molecule has 3 aromatic carbocycles. The summed E-state index contributed by atoms with van der Waals surface area (Å²) >= 11 is 6.21. The van der Waals surface area contributed by atoms with Crippen molar-refractivity contribution in [3.8, 4) is 11.4 Å². The molecule has 0 saturated heterocycles. The molecule has 0 spiro atoms. The molecule has 1 aliphatic heterocycles. The van der Waals surface area contributed by atoms with Gasteiger partial charge in [-0.2, -0.15) is 4.98 Å². The van der Waals surface area contributed by atoms with Crippen molar-refractivity contribution in [2.45, 2.75) is 26.8 Å². The van der Waals surface area contributed by atoms with Crippen LogP contribution in [-0.2, 0) is 0 Å². The second-order valence-electron chi connectivity index (χ2n) is 8.47. The molecular weight excluding hydrogens is 467 g/mol. The van der Waals surface area contributed by atoms with Gasteiger partial charge in [-0.25, -0.2) is 9.18 Å². The summed E-state index contributed by atoms with van der Waals surface area (Å²) in [5, 5.41) is 7.68. The summed E-state index contributed by atoms with van der Waals surface area (Å²) in [4.78, 5) is 19.4. The van der Waals surface area contributed by atoms with E-state index in [9.17, 15) is 9.18 Å². The molecule has 1 aromatic heterocycles. The number of anilines is 1. The predicted molar refractivity (Wildman–Crippen MR) is 133 cm³/mol. The molecule has 0 fully saturated rings. The number of nitrogens with zero attached hydrogens (tertiary/aromatic N) is 3. The molecule has 176 valence electrons. The zero-order valence-electron chi connectivity index (χ0n) is 19.3. The third-order valence-electron chi connectivity index (χ3n) is 6.15. The fourth-order valence-electron chi connectivity index (χ4n) is 4.22. The van der Waals surface area contributed by atoms with Crippen LogP contribution < -0.4 is 10.2 Å². The minimum atomic E-state index is -0.530. The smallest absolute Gasteiger partial charge is 0.326 e. The molecule has 5 rings (SSSR count). The third-order valence-corrected chi connectivity index (χ3v) is 6.39. The van der Waals surface area contributed by atoms with Gasteiger partial charge in [-0.1, -0.05) is 53.2 Å². The average Bonchev–Trinajstić information content (AvgIpc) is 3.30. The highest BCUT2D eigenvalue weighted by Gasteiger charge is 2.36. The maximum atomic E-state index is 13.8. The maximum Gasteiger partial charge on any atom is 0.326 e. The molecule has 0 bridgehead atoms. The van der Waals surface area contributed by atoms with Crippen LogP contribution in [0.25, 0.3) is 17.0 Å². The lowest BCUT2D eigenvalue weighted by molar-refractivity contribution is 0.244. The molecule has 1 unspecified atom stereocenters. The number of nitrogens with one attached hydrogen (secondary N) is 1. The van der Waals surface area contributed by atoms with Crippen LogP contribution in [0.3, 0.4) is 0 Å². The normalized spacial score (nSPS) is 16.0. The van der Waals surface area contributed by atoms with Gasteiger partial charge in [-0.05, 0) is 67.8 Å². The molecular formula is C27H22ClFN4O2. The highest BCUT2D eigenvalue weighted by molar-refractivity contribution is 6.31. The molecule has 35 heavy (non-hydrogen) atoms. The van der Waals surface area contributed by atoms with E-state index in [1.54, 1.807) is 36.4 Å². The zero-order chi connectivity index (χ0) is 24.7. The molecule has 0 radical (unpaired) electrons. The Morgan fingerprint density at radius 1 is 1.00 bits per heavy atom. The zero-order valence-corrected chi connectivity index (χ0v) is 20.1. The Balaban J connectivity index is 1.68. The van der Waals surface area contributed by atoms with Gasteiger partial charge in [0.1, 0.15) is 5.82 Å². The summed E-state index contributed by atoms with van der Waals surface area (Å²) in [5.41, 5.74) is 5.48. The average molecular weight is 489 g/mol. The lowest BCUT2D eigenvalue weighted by Crippen LogP contribution is -2.46. The topological polar surface area (TPSA) is 71.3 Å². The number of allylic oxidation sites excluding steroid dienone is 1. The van der Waals surface area contributed by atoms with Crippen LogP contribution in [0.4, 0.5) is 14.9 Å². The molecule has 8 heteroatoms. The Bertz CT molecular complexity index is 1480. The van der Waals surface area contributed by atoms with Crippen LogP contribution in [0.15, 0.2) is 77.0 Å². The van der Waals surface area contributed by atoms with Crippen molar-refractivity contribution in [3.05, 3.63) is 106 Å². The van der Waals surface area contributed by atoms with Crippen LogP contribution in [0.5, 0.6) is 0 Å². The van der Waals surface area contributed by atoms with Crippen LogP contribution in [0, 0.1) is 19.7 Å². The van der Waals surface area contributed by atoms with Crippen molar-refractivity contribution in [3.63, 3.8) is 0 Å². The van der Waals surface area contributed by atoms with Gasteiger partial charge in [0.15, 0.2) is 0 Å². The first kappa shape index (κ1) is 22.8. The third kappa shape index (κ3) is 4.31. The van der Waals surface area contributed by atoms with E-state index in [0.29, 0.717) is 27.5 Å². The van der Waals surface area contributed by atoms with E-state index in [1.165, 1.54) is 17.0 Å². The first-order chi connectivity index (χ1) is 16.8. The van der Waals surface area contributed by atoms with Crippen LogP contribution in [-0.4, -0.2) is 16.2 Å². The Kier molecular flexibility index (Phi) is 5.86. The number of aryl methyl sites for hydroxylation is 2. The summed E-state index contributed by atoms with van der Waals surface area (Å²) in [6.45, 7) is 5.88. The van der Waals surface area contributed by atoms with Gasteiger partial charge >= 0.3 is 6.03 Å². The monoisotopic (exact) mass is 488 g/mol. The Hall–Kier alpha value is -3.97. The molecule has 2 amide bonds. The Morgan fingerprint density at radius 2 is 1.80 bits per heavy atom.